The Bertz CT molecular complexity index is 705. The van der Waals surface area contributed by atoms with E-state index >= 15 is 0 Å². The van der Waals surface area contributed by atoms with Crippen LogP contribution in [0.3, 0.4) is 0 Å². The number of phenols is 1. The summed E-state index contributed by atoms with van der Waals surface area (Å²) < 4.78 is 0. The van der Waals surface area contributed by atoms with Crippen LogP contribution in [0.4, 0.5) is 0 Å². The Morgan fingerprint density at radius 1 is 1.24 bits per heavy atom. The van der Waals surface area contributed by atoms with E-state index in [1.54, 1.807) is 6.07 Å². The number of hydrogen-bond donors (Lipinski definition) is 1. The zero-order valence-electron chi connectivity index (χ0n) is 15.9. The van der Waals surface area contributed by atoms with Gasteiger partial charge in [-0.05, 0) is 60.3 Å². The van der Waals surface area contributed by atoms with Gasteiger partial charge in [0.25, 0.3) is 0 Å². The highest BCUT2D eigenvalue weighted by Crippen LogP contribution is 2.58. The van der Waals surface area contributed by atoms with Crippen molar-refractivity contribution in [3.05, 3.63) is 29.3 Å². The Balaban J connectivity index is 1.97. The number of fused-ring (bicyclic) bond motifs is 3. The number of ketones is 2. The maximum absolute atomic E-state index is 13.1. The number of aromatic hydroxyl groups is 1. The van der Waals surface area contributed by atoms with E-state index in [0.29, 0.717) is 5.75 Å². The first kappa shape index (κ1) is 18.2. The zero-order valence-corrected chi connectivity index (χ0v) is 15.9. The van der Waals surface area contributed by atoms with Gasteiger partial charge in [-0.15, -0.1) is 0 Å². The van der Waals surface area contributed by atoms with Gasteiger partial charge in [0, 0.05) is 11.3 Å². The molecule has 3 rings (SSSR count). The van der Waals surface area contributed by atoms with Crippen molar-refractivity contribution in [1.82, 2.24) is 0 Å². The molecule has 0 spiro atoms. The summed E-state index contributed by atoms with van der Waals surface area (Å²) in [6.45, 7) is 8.06. The number of benzene rings is 1. The van der Waals surface area contributed by atoms with Crippen LogP contribution in [-0.2, 0) is 21.4 Å². The van der Waals surface area contributed by atoms with Crippen molar-refractivity contribution in [1.29, 1.82) is 0 Å². The first-order valence-corrected chi connectivity index (χ1v) is 9.57. The average molecular weight is 342 g/mol. The molecule has 0 aliphatic heterocycles. The molecule has 1 aromatic rings. The van der Waals surface area contributed by atoms with Crippen molar-refractivity contribution in [2.75, 3.05) is 0 Å². The van der Waals surface area contributed by atoms with E-state index in [-0.39, 0.29) is 35.2 Å². The van der Waals surface area contributed by atoms with Crippen LogP contribution in [0, 0.1) is 17.3 Å². The molecule has 0 aromatic heterocycles. The van der Waals surface area contributed by atoms with Gasteiger partial charge < -0.3 is 5.11 Å². The highest BCUT2D eigenvalue weighted by molar-refractivity contribution is 6.02. The van der Waals surface area contributed by atoms with Crippen LogP contribution in [0.5, 0.6) is 5.75 Å². The number of carbonyl (C=O) groups excluding carboxylic acids is 2. The molecule has 2 aliphatic rings. The topological polar surface area (TPSA) is 54.4 Å². The van der Waals surface area contributed by atoms with Crippen molar-refractivity contribution in [2.45, 2.75) is 71.6 Å². The van der Waals surface area contributed by atoms with E-state index in [1.165, 1.54) is 11.1 Å². The molecule has 3 atom stereocenters. The second-order valence-electron chi connectivity index (χ2n) is 8.84. The minimum absolute atomic E-state index is 0.0485. The van der Waals surface area contributed by atoms with E-state index < -0.39 is 5.41 Å². The molecule has 0 saturated heterocycles. The summed E-state index contributed by atoms with van der Waals surface area (Å²) >= 11 is 0. The molecule has 0 bridgehead atoms. The van der Waals surface area contributed by atoms with Gasteiger partial charge in [0.2, 0.25) is 0 Å². The van der Waals surface area contributed by atoms with Gasteiger partial charge in [0.05, 0.1) is 6.42 Å². The van der Waals surface area contributed by atoms with Gasteiger partial charge in [-0.2, -0.15) is 0 Å². The Morgan fingerprint density at radius 2 is 1.96 bits per heavy atom. The van der Waals surface area contributed by atoms with Crippen molar-refractivity contribution in [3.63, 3.8) is 0 Å². The molecular weight excluding hydrogens is 312 g/mol. The Kier molecular flexibility index (Phi) is 4.55. The first-order valence-electron chi connectivity index (χ1n) is 9.57. The second-order valence-corrected chi connectivity index (χ2v) is 8.84. The van der Waals surface area contributed by atoms with Gasteiger partial charge in [0.15, 0.2) is 0 Å². The van der Waals surface area contributed by atoms with Gasteiger partial charge >= 0.3 is 0 Å². The Morgan fingerprint density at radius 3 is 2.64 bits per heavy atom. The molecule has 136 valence electrons. The number of Topliss-reactive ketones (excluding diaryl/α,β-unsaturated/α-hetero) is 2. The molecule has 25 heavy (non-hydrogen) atoms. The molecule has 3 heteroatoms. The molecule has 1 saturated carbocycles. The maximum atomic E-state index is 13.1. The molecule has 0 radical (unpaired) electrons. The van der Waals surface area contributed by atoms with Crippen LogP contribution < -0.4 is 0 Å². The third-order valence-electron chi connectivity index (χ3n) is 6.96. The molecule has 2 aliphatic carbocycles. The molecule has 1 aromatic carbocycles. The molecular formula is C22H30O3. The van der Waals surface area contributed by atoms with Crippen LogP contribution in [0.15, 0.2) is 18.2 Å². The highest BCUT2D eigenvalue weighted by Gasteiger charge is 2.54. The minimum atomic E-state index is -0.444. The SMILES string of the molecule is CC(C)C(=O)CC(=O)[C@@]1(C)CCC[C@]2(C)c3cc(O)ccc3CC[C@@H]12. The predicted molar refractivity (Wildman–Crippen MR) is 98.7 cm³/mol. The van der Waals surface area contributed by atoms with Crippen LogP contribution in [0.1, 0.15) is 70.9 Å². The molecule has 1 N–H and O–H groups in total. The minimum Gasteiger partial charge on any atom is -0.508 e. The second kappa shape index (κ2) is 6.26. The summed E-state index contributed by atoms with van der Waals surface area (Å²) in [7, 11) is 0. The van der Waals surface area contributed by atoms with E-state index in [1.807, 2.05) is 26.0 Å². The number of hydrogen-bond acceptors (Lipinski definition) is 3. The van der Waals surface area contributed by atoms with Gasteiger partial charge in [-0.25, -0.2) is 0 Å². The summed E-state index contributed by atoms with van der Waals surface area (Å²) in [6, 6.07) is 5.69. The molecule has 0 unspecified atom stereocenters. The van der Waals surface area contributed by atoms with Crippen LogP contribution in [-0.4, -0.2) is 16.7 Å². The lowest BCUT2D eigenvalue weighted by molar-refractivity contribution is -0.140. The summed E-state index contributed by atoms with van der Waals surface area (Å²) in [4.78, 5) is 25.3. The average Bonchev–Trinajstić information content (AvgIpc) is 2.55. The van der Waals surface area contributed by atoms with E-state index in [2.05, 4.69) is 13.8 Å². The quantitative estimate of drug-likeness (QED) is 0.814. The molecule has 0 heterocycles. The van der Waals surface area contributed by atoms with Crippen molar-refractivity contribution >= 4 is 11.6 Å². The van der Waals surface area contributed by atoms with E-state index in [0.717, 1.165) is 32.1 Å². The fraction of sp³-hybridized carbons (Fsp3) is 0.636. The largest absolute Gasteiger partial charge is 0.508 e. The Hall–Kier alpha value is -1.64. The van der Waals surface area contributed by atoms with Gasteiger partial charge in [0.1, 0.15) is 17.3 Å². The van der Waals surface area contributed by atoms with Crippen molar-refractivity contribution in [3.8, 4) is 5.75 Å². The zero-order chi connectivity index (χ0) is 18.4. The van der Waals surface area contributed by atoms with Crippen LogP contribution in [0.25, 0.3) is 0 Å². The number of phenolic OH excluding ortho intramolecular Hbond substituents is 1. The van der Waals surface area contributed by atoms with Crippen molar-refractivity contribution < 1.29 is 14.7 Å². The molecule has 1 fully saturated rings. The van der Waals surface area contributed by atoms with Crippen LogP contribution >= 0.6 is 0 Å². The van der Waals surface area contributed by atoms with Crippen LogP contribution in [0.2, 0.25) is 0 Å². The normalized spacial score (nSPS) is 31.3. The lowest BCUT2D eigenvalue weighted by Crippen LogP contribution is -2.52. The third-order valence-corrected chi connectivity index (χ3v) is 6.96. The van der Waals surface area contributed by atoms with Crippen molar-refractivity contribution in [2.24, 2.45) is 17.3 Å². The summed E-state index contributed by atoms with van der Waals surface area (Å²) in [5.41, 5.74) is 1.96. The monoisotopic (exact) mass is 342 g/mol. The smallest absolute Gasteiger partial charge is 0.146 e. The third kappa shape index (κ3) is 2.92. The summed E-state index contributed by atoms with van der Waals surface area (Å²) in [6.07, 6.45) is 4.87. The Labute approximate surface area is 150 Å². The van der Waals surface area contributed by atoms with Gasteiger partial charge in [-0.1, -0.05) is 40.2 Å². The first-order chi connectivity index (χ1) is 11.7. The summed E-state index contributed by atoms with van der Waals surface area (Å²) in [5, 5.41) is 10.0. The fourth-order valence-electron chi connectivity index (χ4n) is 5.35. The lowest BCUT2D eigenvalue weighted by atomic mass is 9.48. The fourth-order valence-corrected chi connectivity index (χ4v) is 5.35. The highest BCUT2D eigenvalue weighted by atomic mass is 16.3. The maximum Gasteiger partial charge on any atom is 0.146 e. The lowest BCUT2D eigenvalue weighted by Gasteiger charge is -2.54. The number of aryl methyl sites for hydroxylation is 1. The summed E-state index contributed by atoms with van der Waals surface area (Å²) in [5.74, 6) is 0.606. The molecule has 3 nitrogen and oxygen atoms in total. The predicted octanol–water partition coefficient (Wildman–Crippen LogP) is 4.59. The van der Waals surface area contributed by atoms with Gasteiger partial charge in [-0.3, -0.25) is 9.59 Å². The number of rotatable bonds is 4. The molecule has 0 amide bonds. The standard InChI is InChI=1S/C22H30O3/c1-14(2)18(24)13-20(25)22(4)11-5-10-21(3)17-12-16(23)8-6-15(17)7-9-19(21)22/h6,8,12,14,19,23H,5,7,9-11,13H2,1-4H3/t19-,21-,22+/m1/s1. The van der Waals surface area contributed by atoms with E-state index in [4.69, 9.17) is 0 Å². The number of carbonyl (C=O) groups is 2. The van der Waals surface area contributed by atoms with E-state index in [9.17, 15) is 14.7 Å².